The lowest BCUT2D eigenvalue weighted by Crippen LogP contribution is -2.54. The van der Waals surface area contributed by atoms with Gasteiger partial charge in [-0.2, -0.15) is 0 Å². The number of carbonyl (C=O) groups excluding carboxylic acids is 1. The lowest BCUT2D eigenvalue weighted by molar-refractivity contribution is -0.142. The van der Waals surface area contributed by atoms with Crippen molar-refractivity contribution in [2.45, 2.75) is 31.8 Å². The highest BCUT2D eigenvalue weighted by atomic mass is 32.1. The number of hydrogen-bond acceptors (Lipinski definition) is 4. The molecule has 7 heteroatoms. The highest BCUT2D eigenvalue weighted by Gasteiger charge is 2.35. The van der Waals surface area contributed by atoms with Crippen molar-refractivity contribution >= 4 is 23.3 Å². The molecule has 1 aromatic heterocycles. The van der Waals surface area contributed by atoms with Gasteiger partial charge in [0.15, 0.2) is 5.11 Å². The second-order valence-electron chi connectivity index (χ2n) is 6.30. The van der Waals surface area contributed by atoms with E-state index in [0.717, 1.165) is 31.7 Å². The summed E-state index contributed by atoms with van der Waals surface area (Å²) in [7, 11) is 1.36. The summed E-state index contributed by atoms with van der Waals surface area (Å²) in [6.45, 7) is 4.03. The predicted octanol–water partition coefficient (Wildman–Crippen LogP) is 0.703. The maximum Gasteiger partial charge on any atom is 0.328 e. The first-order valence-corrected chi connectivity index (χ1v) is 8.23. The van der Waals surface area contributed by atoms with Gasteiger partial charge in [-0.3, -0.25) is 4.79 Å². The molecule has 0 amide bonds. The quantitative estimate of drug-likeness (QED) is 0.634. The Balaban J connectivity index is 1.74. The maximum atomic E-state index is 12.0. The maximum absolute atomic E-state index is 12.0. The van der Waals surface area contributed by atoms with E-state index < -0.39 is 6.04 Å². The average molecular weight is 335 g/mol. The van der Waals surface area contributed by atoms with E-state index in [4.69, 9.17) is 17.0 Å². The summed E-state index contributed by atoms with van der Waals surface area (Å²) in [6, 6.07) is 5.00. The predicted molar refractivity (Wildman–Crippen MR) is 90.3 cm³/mol. The zero-order valence-electron chi connectivity index (χ0n) is 13.3. The smallest absolute Gasteiger partial charge is 0.328 e. The van der Waals surface area contributed by atoms with Gasteiger partial charge in [0.05, 0.1) is 7.11 Å². The Bertz CT molecular complexity index is 687. The largest absolute Gasteiger partial charge is 0.467 e. The van der Waals surface area contributed by atoms with E-state index in [9.17, 15) is 9.59 Å². The number of esters is 1. The molecule has 0 spiro atoms. The minimum Gasteiger partial charge on any atom is -0.467 e. The monoisotopic (exact) mass is 335 g/mol. The molecule has 1 fully saturated rings. The van der Waals surface area contributed by atoms with Crippen molar-refractivity contribution in [2.24, 2.45) is 5.92 Å². The fourth-order valence-electron chi connectivity index (χ4n) is 3.57. The van der Waals surface area contributed by atoms with Crippen LogP contribution in [0.1, 0.15) is 25.0 Å². The van der Waals surface area contributed by atoms with E-state index in [-0.39, 0.29) is 11.5 Å². The van der Waals surface area contributed by atoms with E-state index in [0.29, 0.717) is 16.9 Å². The average Bonchev–Trinajstić information content (AvgIpc) is 2.54. The molecule has 2 bridgehead atoms. The summed E-state index contributed by atoms with van der Waals surface area (Å²) in [5.41, 5.74) is 1.16. The van der Waals surface area contributed by atoms with Gasteiger partial charge in [0.25, 0.3) is 5.56 Å². The van der Waals surface area contributed by atoms with Gasteiger partial charge in [-0.15, -0.1) is 0 Å². The van der Waals surface area contributed by atoms with Gasteiger partial charge >= 0.3 is 5.97 Å². The third-order valence-electron chi connectivity index (χ3n) is 4.66. The van der Waals surface area contributed by atoms with Crippen molar-refractivity contribution in [1.29, 1.82) is 0 Å². The van der Waals surface area contributed by atoms with Gasteiger partial charge in [0, 0.05) is 37.3 Å². The number of piperidine rings is 1. The number of carbonyl (C=O) groups is 1. The van der Waals surface area contributed by atoms with Crippen LogP contribution in [0.5, 0.6) is 0 Å². The zero-order chi connectivity index (χ0) is 16.6. The SMILES string of the molecule is COC(=O)[C@@H](C)NC(=S)N1C[C@@H]2C[C@@H](C1)c1cccc(=O)n1C2. The van der Waals surface area contributed by atoms with Gasteiger partial charge in [-0.25, -0.2) is 4.79 Å². The number of pyridine rings is 1. The molecule has 0 aromatic carbocycles. The first-order chi connectivity index (χ1) is 11.0. The molecule has 0 aliphatic carbocycles. The molecule has 1 saturated heterocycles. The Morgan fingerprint density at radius 1 is 1.39 bits per heavy atom. The standard InChI is InChI=1S/C16H21N3O3S/c1-10(15(21)22-2)17-16(23)18-7-11-6-12(9-18)13-4-3-5-14(20)19(13)8-11/h3-5,10-12H,6-9H2,1-2H3,(H,17,23)/t10-,11+,12+/m1/s1. The molecule has 6 nitrogen and oxygen atoms in total. The van der Waals surface area contributed by atoms with Crippen molar-refractivity contribution in [3.05, 3.63) is 34.2 Å². The number of fused-ring (bicyclic) bond motifs is 4. The van der Waals surface area contributed by atoms with Crippen LogP contribution in [0.3, 0.4) is 0 Å². The van der Waals surface area contributed by atoms with Crippen molar-refractivity contribution in [2.75, 3.05) is 20.2 Å². The van der Waals surface area contributed by atoms with E-state index in [1.54, 1.807) is 13.0 Å². The first-order valence-electron chi connectivity index (χ1n) is 7.82. The van der Waals surface area contributed by atoms with Gasteiger partial charge in [0.1, 0.15) is 6.04 Å². The number of nitrogens with zero attached hydrogens (tertiary/aromatic N) is 2. The van der Waals surface area contributed by atoms with Gasteiger partial charge in [-0.1, -0.05) is 6.07 Å². The van der Waals surface area contributed by atoms with Crippen LogP contribution in [-0.4, -0.2) is 46.8 Å². The lowest BCUT2D eigenvalue weighted by Gasteiger charge is -2.43. The van der Waals surface area contributed by atoms with Crippen LogP contribution in [0.4, 0.5) is 0 Å². The number of hydrogen-bond donors (Lipinski definition) is 1. The van der Waals surface area contributed by atoms with Crippen LogP contribution in [0.25, 0.3) is 0 Å². The van der Waals surface area contributed by atoms with Crippen molar-refractivity contribution < 1.29 is 9.53 Å². The summed E-state index contributed by atoms with van der Waals surface area (Å²) >= 11 is 5.46. The number of nitrogens with one attached hydrogen (secondary N) is 1. The van der Waals surface area contributed by atoms with Crippen LogP contribution >= 0.6 is 12.2 Å². The fourth-order valence-corrected chi connectivity index (χ4v) is 3.90. The molecule has 2 aliphatic heterocycles. The van der Waals surface area contributed by atoms with E-state index >= 15 is 0 Å². The molecular formula is C16H21N3O3S. The molecule has 0 saturated carbocycles. The van der Waals surface area contributed by atoms with Crippen molar-refractivity contribution in [1.82, 2.24) is 14.8 Å². The number of aromatic nitrogens is 1. The molecule has 3 heterocycles. The van der Waals surface area contributed by atoms with Crippen LogP contribution in [0.15, 0.2) is 23.0 Å². The summed E-state index contributed by atoms with van der Waals surface area (Å²) in [5.74, 6) is 0.362. The molecule has 2 aliphatic rings. The van der Waals surface area contributed by atoms with Crippen LogP contribution in [0.2, 0.25) is 0 Å². The Morgan fingerprint density at radius 3 is 2.91 bits per heavy atom. The molecule has 23 heavy (non-hydrogen) atoms. The molecule has 0 unspecified atom stereocenters. The normalized spacial score (nSPS) is 23.7. The third-order valence-corrected chi connectivity index (χ3v) is 5.04. The Hall–Kier alpha value is -1.89. The summed E-state index contributed by atoms with van der Waals surface area (Å²) in [6.07, 6.45) is 1.08. The number of methoxy groups -OCH3 is 1. The van der Waals surface area contributed by atoms with Crippen LogP contribution < -0.4 is 10.9 Å². The van der Waals surface area contributed by atoms with Crippen LogP contribution in [0, 0.1) is 5.92 Å². The summed E-state index contributed by atoms with van der Waals surface area (Å²) in [5, 5.41) is 3.61. The number of rotatable bonds is 2. The Kier molecular flexibility index (Phi) is 4.39. The second-order valence-corrected chi connectivity index (χ2v) is 6.68. The molecule has 3 atom stereocenters. The minimum absolute atomic E-state index is 0.0747. The Morgan fingerprint density at radius 2 is 2.17 bits per heavy atom. The zero-order valence-corrected chi connectivity index (χ0v) is 14.1. The number of thiocarbonyl (C=S) groups is 1. The first kappa shape index (κ1) is 16.0. The van der Waals surface area contributed by atoms with E-state index in [1.165, 1.54) is 7.11 Å². The fraction of sp³-hybridized carbons (Fsp3) is 0.562. The van der Waals surface area contributed by atoms with Gasteiger partial charge < -0.3 is 19.5 Å². The summed E-state index contributed by atoms with van der Waals surface area (Å²) < 4.78 is 6.61. The van der Waals surface area contributed by atoms with Gasteiger partial charge in [-0.05, 0) is 37.5 Å². The topological polar surface area (TPSA) is 63.6 Å². The van der Waals surface area contributed by atoms with Crippen molar-refractivity contribution in [3.8, 4) is 0 Å². The molecule has 3 rings (SSSR count). The van der Waals surface area contributed by atoms with Crippen LogP contribution in [-0.2, 0) is 16.1 Å². The minimum atomic E-state index is -0.468. The molecule has 1 aromatic rings. The third kappa shape index (κ3) is 3.10. The van der Waals surface area contributed by atoms with Gasteiger partial charge in [0.2, 0.25) is 0 Å². The highest BCUT2D eigenvalue weighted by molar-refractivity contribution is 7.80. The van der Waals surface area contributed by atoms with Crippen molar-refractivity contribution in [3.63, 3.8) is 0 Å². The number of ether oxygens (including phenoxy) is 1. The molecule has 124 valence electrons. The highest BCUT2D eigenvalue weighted by Crippen LogP contribution is 2.34. The molecule has 1 N–H and O–H groups in total. The summed E-state index contributed by atoms with van der Waals surface area (Å²) in [4.78, 5) is 25.7. The molecule has 0 radical (unpaired) electrons. The van der Waals surface area contributed by atoms with E-state index in [2.05, 4.69) is 10.2 Å². The number of likely N-dealkylation sites (tertiary alicyclic amines) is 1. The second kappa shape index (κ2) is 6.31. The van der Waals surface area contributed by atoms with E-state index in [1.807, 2.05) is 16.7 Å². The molecular weight excluding hydrogens is 314 g/mol. The lowest BCUT2D eigenvalue weighted by atomic mass is 9.83. The Labute approximate surface area is 140 Å².